The lowest BCUT2D eigenvalue weighted by atomic mass is 10.1. The molecule has 0 aliphatic rings. The lowest BCUT2D eigenvalue weighted by molar-refractivity contribution is 0.0698. The first-order valence-corrected chi connectivity index (χ1v) is 5.98. The molecule has 5 nitrogen and oxygen atoms in total. The number of carboxylic acid groups (broad SMARTS) is 1. The molecule has 0 saturated carbocycles. The molecule has 0 atom stereocenters. The lowest BCUT2D eigenvalue weighted by Gasteiger charge is -2.09. The monoisotopic (exact) mass is 270 g/mol. The molecule has 2 aromatic rings. The number of hydrogen-bond donors (Lipinski definition) is 3. The Morgan fingerprint density at radius 3 is 2.35 bits per heavy atom. The van der Waals surface area contributed by atoms with Crippen molar-refractivity contribution < 1.29 is 14.7 Å². The molecule has 0 spiro atoms. The number of anilines is 2. The first-order valence-electron chi connectivity index (χ1n) is 5.98. The molecule has 102 valence electrons. The maximum atomic E-state index is 12.1. The highest BCUT2D eigenvalue weighted by Crippen LogP contribution is 2.19. The second kappa shape index (κ2) is 5.44. The van der Waals surface area contributed by atoms with Gasteiger partial charge in [0.1, 0.15) is 0 Å². The van der Waals surface area contributed by atoms with E-state index in [1.165, 1.54) is 6.07 Å². The van der Waals surface area contributed by atoms with Gasteiger partial charge in [-0.3, -0.25) is 4.79 Å². The van der Waals surface area contributed by atoms with Crippen molar-refractivity contribution in [1.82, 2.24) is 0 Å². The van der Waals surface area contributed by atoms with Crippen LogP contribution in [0.3, 0.4) is 0 Å². The Balaban J connectivity index is 2.29. The number of aryl methyl sites for hydroxylation is 1. The minimum Gasteiger partial charge on any atom is -0.478 e. The van der Waals surface area contributed by atoms with E-state index >= 15 is 0 Å². The van der Waals surface area contributed by atoms with Crippen LogP contribution in [0.1, 0.15) is 26.3 Å². The second-order valence-corrected chi connectivity index (χ2v) is 4.43. The van der Waals surface area contributed by atoms with Crippen LogP contribution in [-0.2, 0) is 0 Å². The van der Waals surface area contributed by atoms with Crippen molar-refractivity contribution in [3.05, 3.63) is 59.2 Å². The third kappa shape index (κ3) is 2.95. The quantitative estimate of drug-likeness (QED) is 0.747. The number of nitrogens with two attached hydrogens (primary N) is 1. The fourth-order valence-corrected chi connectivity index (χ4v) is 1.78. The van der Waals surface area contributed by atoms with Gasteiger partial charge in [0, 0.05) is 11.3 Å². The molecule has 0 bridgehead atoms. The Hall–Kier alpha value is -2.82. The van der Waals surface area contributed by atoms with Crippen LogP contribution in [-0.4, -0.2) is 17.0 Å². The Labute approximate surface area is 116 Å². The van der Waals surface area contributed by atoms with Crippen molar-refractivity contribution in [2.75, 3.05) is 11.1 Å². The van der Waals surface area contributed by atoms with Gasteiger partial charge in [-0.25, -0.2) is 4.79 Å². The number of nitrogen functional groups attached to an aromatic ring is 1. The summed E-state index contributed by atoms with van der Waals surface area (Å²) >= 11 is 0. The first kappa shape index (κ1) is 13.6. The summed E-state index contributed by atoms with van der Waals surface area (Å²) in [6.07, 6.45) is 0. The Morgan fingerprint density at radius 1 is 1.10 bits per heavy atom. The molecule has 0 fully saturated rings. The summed E-state index contributed by atoms with van der Waals surface area (Å²) in [7, 11) is 0. The molecule has 4 N–H and O–H groups in total. The van der Waals surface area contributed by atoms with Crippen molar-refractivity contribution >= 4 is 23.3 Å². The molecule has 0 aromatic heterocycles. The minimum absolute atomic E-state index is 0.0550. The summed E-state index contributed by atoms with van der Waals surface area (Å²) in [4.78, 5) is 23.2. The van der Waals surface area contributed by atoms with Crippen LogP contribution in [0.2, 0.25) is 0 Å². The number of hydrogen-bond acceptors (Lipinski definition) is 3. The highest BCUT2D eigenvalue weighted by atomic mass is 16.4. The number of carbonyl (C=O) groups excluding carboxylic acids is 1. The van der Waals surface area contributed by atoms with Crippen LogP contribution in [0.5, 0.6) is 0 Å². The van der Waals surface area contributed by atoms with Crippen molar-refractivity contribution in [1.29, 1.82) is 0 Å². The van der Waals surface area contributed by atoms with Crippen LogP contribution < -0.4 is 11.1 Å². The van der Waals surface area contributed by atoms with Crippen LogP contribution in [0.4, 0.5) is 11.4 Å². The highest BCUT2D eigenvalue weighted by molar-refractivity contribution is 6.07. The zero-order valence-electron chi connectivity index (χ0n) is 10.9. The van der Waals surface area contributed by atoms with E-state index in [4.69, 9.17) is 10.8 Å². The number of aromatic carboxylic acids is 1. The third-order valence-corrected chi connectivity index (χ3v) is 2.83. The van der Waals surface area contributed by atoms with Crippen LogP contribution in [0, 0.1) is 6.92 Å². The largest absolute Gasteiger partial charge is 0.478 e. The number of rotatable bonds is 3. The highest BCUT2D eigenvalue weighted by Gasteiger charge is 2.13. The Bertz CT molecular complexity index is 663. The van der Waals surface area contributed by atoms with Gasteiger partial charge in [-0.15, -0.1) is 0 Å². The van der Waals surface area contributed by atoms with Crippen LogP contribution in [0.15, 0.2) is 42.5 Å². The van der Waals surface area contributed by atoms with Gasteiger partial charge < -0.3 is 16.2 Å². The Kier molecular flexibility index (Phi) is 3.70. The zero-order valence-corrected chi connectivity index (χ0v) is 10.9. The fraction of sp³-hybridized carbons (Fsp3) is 0.0667. The van der Waals surface area contributed by atoms with Crippen molar-refractivity contribution in [2.24, 2.45) is 0 Å². The van der Waals surface area contributed by atoms with Crippen LogP contribution >= 0.6 is 0 Å². The Morgan fingerprint density at radius 2 is 1.75 bits per heavy atom. The molecule has 0 unspecified atom stereocenters. The average molecular weight is 270 g/mol. The number of carboxylic acids is 1. The van der Waals surface area contributed by atoms with E-state index in [2.05, 4.69) is 5.32 Å². The number of benzene rings is 2. The van der Waals surface area contributed by atoms with Crippen molar-refractivity contribution in [3.63, 3.8) is 0 Å². The maximum Gasteiger partial charge on any atom is 0.337 e. The summed E-state index contributed by atoms with van der Waals surface area (Å²) in [5, 5.41) is 11.7. The summed E-state index contributed by atoms with van der Waals surface area (Å²) in [6, 6.07) is 11.2. The molecule has 0 radical (unpaired) electrons. The molecule has 5 heteroatoms. The maximum absolute atomic E-state index is 12.1. The van der Waals surface area contributed by atoms with Gasteiger partial charge in [-0.2, -0.15) is 0 Å². The number of carbonyl (C=O) groups is 2. The molecule has 0 aliphatic heterocycles. The molecule has 20 heavy (non-hydrogen) atoms. The van der Waals surface area contributed by atoms with Crippen molar-refractivity contribution in [3.8, 4) is 0 Å². The number of amides is 1. The normalized spacial score (nSPS) is 10.1. The summed E-state index contributed by atoms with van der Waals surface area (Å²) in [5.74, 6) is -1.46. The van der Waals surface area contributed by atoms with E-state index in [-0.39, 0.29) is 17.2 Å². The molecular formula is C15H14N2O3. The van der Waals surface area contributed by atoms with E-state index in [1.807, 2.05) is 6.92 Å². The summed E-state index contributed by atoms with van der Waals surface area (Å²) < 4.78 is 0. The van der Waals surface area contributed by atoms with Gasteiger partial charge in [0.15, 0.2) is 0 Å². The molecule has 0 aliphatic carbocycles. The molecule has 2 aromatic carbocycles. The predicted molar refractivity (Wildman–Crippen MR) is 76.9 cm³/mol. The van der Waals surface area contributed by atoms with Gasteiger partial charge in [0.05, 0.1) is 11.3 Å². The van der Waals surface area contributed by atoms with E-state index in [0.29, 0.717) is 11.3 Å². The predicted octanol–water partition coefficient (Wildman–Crippen LogP) is 2.53. The second-order valence-electron chi connectivity index (χ2n) is 4.43. The number of nitrogens with one attached hydrogen (secondary N) is 1. The average Bonchev–Trinajstić information content (AvgIpc) is 2.39. The minimum atomic E-state index is -1.09. The molecule has 1 amide bonds. The smallest absolute Gasteiger partial charge is 0.337 e. The van der Waals surface area contributed by atoms with E-state index in [9.17, 15) is 9.59 Å². The molecule has 0 heterocycles. The molecular weight excluding hydrogens is 256 g/mol. The zero-order chi connectivity index (χ0) is 14.7. The van der Waals surface area contributed by atoms with E-state index < -0.39 is 5.97 Å². The summed E-state index contributed by atoms with van der Waals surface area (Å²) in [6.45, 7) is 1.82. The molecule has 0 saturated heterocycles. The van der Waals surface area contributed by atoms with Gasteiger partial charge in [0.2, 0.25) is 0 Å². The topological polar surface area (TPSA) is 92.4 Å². The van der Waals surface area contributed by atoms with E-state index in [1.54, 1.807) is 36.4 Å². The van der Waals surface area contributed by atoms with Gasteiger partial charge in [0.25, 0.3) is 5.91 Å². The van der Waals surface area contributed by atoms with Gasteiger partial charge in [-0.1, -0.05) is 6.07 Å². The van der Waals surface area contributed by atoms with E-state index in [0.717, 1.165) is 5.56 Å². The first-order chi connectivity index (χ1) is 9.47. The van der Waals surface area contributed by atoms with Crippen LogP contribution in [0.25, 0.3) is 0 Å². The lowest BCUT2D eigenvalue weighted by Crippen LogP contribution is -2.15. The standard InChI is InChI=1S/C15H14N2O3/c1-9-2-7-12(15(19)20)13(8-9)17-14(18)10-3-5-11(16)6-4-10/h2-8H,16H2,1H3,(H,17,18)(H,19,20). The fourth-order valence-electron chi connectivity index (χ4n) is 1.78. The summed E-state index contributed by atoms with van der Waals surface area (Å²) in [5.41, 5.74) is 7.72. The molecule has 2 rings (SSSR count). The third-order valence-electron chi connectivity index (χ3n) is 2.83. The van der Waals surface area contributed by atoms with Crippen molar-refractivity contribution in [2.45, 2.75) is 6.92 Å². The van der Waals surface area contributed by atoms with Gasteiger partial charge >= 0.3 is 5.97 Å². The SMILES string of the molecule is Cc1ccc(C(=O)O)c(NC(=O)c2ccc(N)cc2)c1. The van der Waals surface area contributed by atoms with Gasteiger partial charge in [-0.05, 0) is 48.9 Å².